The number of rotatable bonds is 2. The third kappa shape index (κ3) is 1.96. The number of aromatic carboxylic acids is 1. The Bertz CT molecular complexity index is 592. The average molecular weight is 236 g/mol. The molecule has 1 aromatic heterocycles. The van der Waals surface area contributed by atoms with E-state index in [-0.39, 0.29) is 0 Å². The minimum atomic E-state index is -1.34. The number of aryl methyl sites for hydroxylation is 1. The summed E-state index contributed by atoms with van der Waals surface area (Å²) in [6.45, 7) is 1.73. The van der Waals surface area contributed by atoms with E-state index in [1.165, 1.54) is 12.1 Å². The second kappa shape index (κ2) is 3.89. The van der Waals surface area contributed by atoms with Crippen LogP contribution in [0, 0.1) is 12.7 Å². The fraction of sp³-hybridized carbons (Fsp3) is 0.0909. The van der Waals surface area contributed by atoms with Crippen LogP contribution >= 0.6 is 0 Å². The average Bonchev–Trinajstić information content (AvgIpc) is 2.64. The molecule has 0 aliphatic carbocycles. The van der Waals surface area contributed by atoms with Gasteiger partial charge in [0.05, 0.1) is 11.9 Å². The van der Waals surface area contributed by atoms with Crippen LogP contribution in [-0.4, -0.2) is 26.0 Å². The Kier molecular flexibility index (Phi) is 2.55. The van der Waals surface area contributed by atoms with Gasteiger partial charge in [-0.25, -0.2) is 13.9 Å². The minimum Gasteiger partial charge on any atom is -0.504 e. The highest BCUT2D eigenvalue weighted by atomic mass is 19.1. The summed E-state index contributed by atoms with van der Waals surface area (Å²) in [6, 6.07) is 4.05. The van der Waals surface area contributed by atoms with E-state index in [0.717, 1.165) is 10.9 Å². The number of benzene rings is 1. The van der Waals surface area contributed by atoms with E-state index in [9.17, 15) is 14.3 Å². The van der Waals surface area contributed by atoms with Crippen LogP contribution in [0.2, 0.25) is 0 Å². The predicted octanol–water partition coefficient (Wildman–Crippen LogP) is 1.72. The molecule has 0 unspecified atom stereocenters. The minimum absolute atomic E-state index is 0.382. The van der Waals surface area contributed by atoms with Crippen LogP contribution in [0.3, 0.4) is 0 Å². The van der Waals surface area contributed by atoms with Gasteiger partial charge in [0, 0.05) is 0 Å². The largest absolute Gasteiger partial charge is 0.504 e. The fourth-order valence-corrected chi connectivity index (χ4v) is 1.47. The fourth-order valence-electron chi connectivity index (χ4n) is 1.47. The molecule has 0 fully saturated rings. The summed E-state index contributed by atoms with van der Waals surface area (Å²) < 4.78 is 14.2. The van der Waals surface area contributed by atoms with Crippen LogP contribution in [0.15, 0.2) is 24.4 Å². The van der Waals surface area contributed by atoms with Crippen molar-refractivity contribution in [1.29, 1.82) is 0 Å². The molecule has 1 heterocycles. The van der Waals surface area contributed by atoms with Crippen molar-refractivity contribution in [3.8, 4) is 11.4 Å². The topological polar surface area (TPSA) is 75.4 Å². The molecule has 5 nitrogen and oxygen atoms in total. The van der Waals surface area contributed by atoms with E-state index in [4.69, 9.17) is 5.11 Å². The molecule has 1 aromatic carbocycles. The summed E-state index contributed by atoms with van der Waals surface area (Å²) in [5, 5.41) is 21.8. The first kappa shape index (κ1) is 11.1. The zero-order valence-corrected chi connectivity index (χ0v) is 8.88. The molecular weight excluding hydrogens is 227 g/mol. The highest BCUT2D eigenvalue weighted by molar-refractivity contribution is 5.88. The highest BCUT2D eigenvalue weighted by Gasteiger charge is 2.16. The molecule has 0 atom stereocenters. The monoisotopic (exact) mass is 236 g/mol. The molecule has 0 bridgehead atoms. The maximum absolute atomic E-state index is 13.1. The number of carbonyl (C=O) groups is 1. The van der Waals surface area contributed by atoms with Crippen LogP contribution in [0.25, 0.3) is 5.69 Å². The number of carboxylic acid groups (broad SMARTS) is 1. The van der Waals surface area contributed by atoms with E-state index in [1.807, 2.05) is 0 Å². The summed E-state index contributed by atoms with van der Waals surface area (Å²) >= 11 is 0. The first-order valence-electron chi connectivity index (χ1n) is 4.77. The molecule has 0 amide bonds. The Balaban J connectivity index is 2.57. The Hall–Kier alpha value is -2.37. The molecule has 0 aliphatic heterocycles. The van der Waals surface area contributed by atoms with Gasteiger partial charge in [-0.3, -0.25) is 0 Å². The number of hydrogen-bond acceptors (Lipinski definition) is 3. The predicted molar refractivity (Wildman–Crippen MR) is 56.9 cm³/mol. The molecule has 0 spiro atoms. The standard InChI is InChI=1S/C11H9FN2O3/c1-6-2-3-7(12)4-8(6)14-5-9(15)10(13-14)11(16)17/h2-5,15H,1H3,(H,16,17). The maximum Gasteiger partial charge on any atom is 0.360 e. The molecule has 0 saturated carbocycles. The molecule has 2 aromatic rings. The van der Waals surface area contributed by atoms with E-state index < -0.39 is 23.2 Å². The smallest absolute Gasteiger partial charge is 0.360 e. The number of nitrogens with zero attached hydrogens (tertiary/aromatic N) is 2. The lowest BCUT2D eigenvalue weighted by atomic mass is 10.2. The van der Waals surface area contributed by atoms with Crippen molar-refractivity contribution in [2.24, 2.45) is 0 Å². The third-order valence-electron chi connectivity index (χ3n) is 2.32. The van der Waals surface area contributed by atoms with E-state index >= 15 is 0 Å². The second-order valence-corrected chi connectivity index (χ2v) is 3.54. The summed E-state index contributed by atoms with van der Waals surface area (Å²) in [5.74, 6) is -2.26. The van der Waals surface area contributed by atoms with Gasteiger partial charge in [0.25, 0.3) is 0 Å². The van der Waals surface area contributed by atoms with Crippen LogP contribution in [0.4, 0.5) is 4.39 Å². The van der Waals surface area contributed by atoms with Gasteiger partial charge in [-0.2, -0.15) is 5.10 Å². The van der Waals surface area contributed by atoms with Gasteiger partial charge in [0.2, 0.25) is 5.69 Å². The summed E-state index contributed by atoms with van der Waals surface area (Å²) in [7, 11) is 0. The molecule has 0 aliphatic rings. The number of halogens is 1. The zero-order chi connectivity index (χ0) is 12.6. The summed E-state index contributed by atoms with van der Waals surface area (Å²) in [4.78, 5) is 10.7. The molecular formula is C11H9FN2O3. The van der Waals surface area contributed by atoms with Crippen molar-refractivity contribution in [3.63, 3.8) is 0 Å². The molecule has 2 rings (SSSR count). The normalized spacial score (nSPS) is 10.5. The van der Waals surface area contributed by atoms with E-state index in [0.29, 0.717) is 11.3 Å². The van der Waals surface area contributed by atoms with Gasteiger partial charge in [-0.05, 0) is 24.6 Å². The van der Waals surface area contributed by atoms with Gasteiger partial charge in [0.1, 0.15) is 5.82 Å². The van der Waals surface area contributed by atoms with Crippen molar-refractivity contribution >= 4 is 5.97 Å². The second-order valence-electron chi connectivity index (χ2n) is 3.54. The SMILES string of the molecule is Cc1ccc(F)cc1-n1cc(O)c(C(=O)O)n1. The molecule has 0 radical (unpaired) electrons. The van der Waals surface area contributed by atoms with Crippen molar-refractivity contribution in [2.45, 2.75) is 6.92 Å². The lowest BCUT2D eigenvalue weighted by molar-refractivity contribution is 0.0687. The van der Waals surface area contributed by atoms with Crippen LogP contribution in [0.5, 0.6) is 5.75 Å². The van der Waals surface area contributed by atoms with Crippen molar-refractivity contribution in [3.05, 3.63) is 41.5 Å². The van der Waals surface area contributed by atoms with Crippen molar-refractivity contribution < 1.29 is 19.4 Å². The van der Waals surface area contributed by atoms with Crippen LogP contribution in [-0.2, 0) is 0 Å². The summed E-state index contributed by atoms with van der Waals surface area (Å²) in [5.41, 5.74) is 0.632. The van der Waals surface area contributed by atoms with Gasteiger partial charge in [-0.1, -0.05) is 6.07 Å². The number of aromatic nitrogens is 2. The van der Waals surface area contributed by atoms with E-state index in [2.05, 4.69) is 5.10 Å². The highest BCUT2D eigenvalue weighted by Crippen LogP contribution is 2.20. The lowest BCUT2D eigenvalue weighted by Gasteiger charge is -2.04. The Labute approximate surface area is 95.7 Å². The molecule has 17 heavy (non-hydrogen) atoms. The van der Waals surface area contributed by atoms with Gasteiger partial charge in [-0.15, -0.1) is 0 Å². The Morgan fingerprint density at radius 1 is 1.47 bits per heavy atom. The molecule has 2 N–H and O–H groups in total. The quantitative estimate of drug-likeness (QED) is 0.832. The van der Waals surface area contributed by atoms with Gasteiger partial charge >= 0.3 is 5.97 Å². The molecule has 88 valence electrons. The van der Waals surface area contributed by atoms with Crippen LogP contribution < -0.4 is 0 Å². The first-order chi connectivity index (χ1) is 7.99. The Morgan fingerprint density at radius 3 is 2.76 bits per heavy atom. The van der Waals surface area contributed by atoms with Gasteiger partial charge < -0.3 is 10.2 Å². The van der Waals surface area contributed by atoms with Crippen LogP contribution in [0.1, 0.15) is 16.1 Å². The van der Waals surface area contributed by atoms with Gasteiger partial charge in [0.15, 0.2) is 5.75 Å². The summed E-state index contributed by atoms with van der Waals surface area (Å²) in [6.07, 6.45) is 1.13. The maximum atomic E-state index is 13.1. The number of carboxylic acids is 1. The lowest BCUT2D eigenvalue weighted by Crippen LogP contribution is -2.02. The first-order valence-corrected chi connectivity index (χ1v) is 4.77. The van der Waals surface area contributed by atoms with Crippen molar-refractivity contribution in [1.82, 2.24) is 9.78 Å². The number of aromatic hydroxyl groups is 1. The molecule has 6 heteroatoms. The third-order valence-corrected chi connectivity index (χ3v) is 2.32. The number of hydrogen-bond donors (Lipinski definition) is 2. The van der Waals surface area contributed by atoms with Crippen molar-refractivity contribution in [2.75, 3.05) is 0 Å². The molecule has 0 saturated heterocycles. The Morgan fingerprint density at radius 2 is 2.18 bits per heavy atom. The van der Waals surface area contributed by atoms with E-state index in [1.54, 1.807) is 13.0 Å². The zero-order valence-electron chi connectivity index (χ0n) is 8.88.